The number of hydrogen-bond acceptors (Lipinski definition) is 5. The van der Waals surface area contributed by atoms with Gasteiger partial charge in [0.15, 0.2) is 5.65 Å². The van der Waals surface area contributed by atoms with Crippen LogP contribution >= 0.6 is 0 Å². The summed E-state index contributed by atoms with van der Waals surface area (Å²) in [5.41, 5.74) is 2.77. The van der Waals surface area contributed by atoms with Gasteiger partial charge in [-0.25, -0.2) is 0 Å². The van der Waals surface area contributed by atoms with E-state index in [0.717, 1.165) is 63.6 Å². The maximum atomic E-state index is 12.7. The number of rotatable bonds is 6. The molecule has 2 aliphatic rings. The molecule has 1 amide bonds. The average Bonchev–Trinajstić information content (AvgIpc) is 3.45. The van der Waals surface area contributed by atoms with Crippen molar-refractivity contribution in [3.63, 3.8) is 0 Å². The highest BCUT2D eigenvalue weighted by Crippen LogP contribution is 2.27. The summed E-state index contributed by atoms with van der Waals surface area (Å²) in [6, 6.07) is 14.3. The summed E-state index contributed by atoms with van der Waals surface area (Å²) >= 11 is 0. The standard InChI is InChI=1S/C24H29N5O2/c30-24(25-14-18-9-12-31-13-10-18)21-6-7-22-26-27-23(29(22)17-21)20-8-11-28(16-20)15-19-4-2-1-3-5-19/h1-7,17-18,20H,8-16H2,(H,25,30)/t20-/m0/s1. The normalized spacial score (nSPS) is 20.3. The molecule has 1 N–H and O–H groups in total. The minimum Gasteiger partial charge on any atom is -0.381 e. The van der Waals surface area contributed by atoms with Gasteiger partial charge in [-0.2, -0.15) is 0 Å². The molecule has 3 aromatic rings. The zero-order valence-electron chi connectivity index (χ0n) is 17.7. The van der Waals surface area contributed by atoms with Crippen molar-refractivity contribution in [2.45, 2.75) is 31.7 Å². The highest BCUT2D eigenvalue weighted by molar-refractivity contribution is 5.94. The number of hydrogen-bond donors (Lipinski definition) is 1. The van der Waals surface area contributed by atoms with E-state index in [1.807, 2.05) is 22.7 Å². The third-order valence-corrected chi connectivity index (χ3v) is 6.47. The molecule has 0 aliphatic carbocycles. The number of carbonyl (C=O) groups is 1. The summed E-state index contributed by atoms with van der Waals surface area (Å²) in [5.74, 6) is 1.73. The fourth-order valence-electron chi connectivity index (χ4n) is 4.64. The summed E-state index contributed by atoms with van der Waals surface area (Å²) < 4.78 is 7.40. The van der Waals surface area contributed by atoms with E-state index in [-0.39, 0.29) is 5.91 Å². The summed E-state index contributed by atoms with van der Waals surface area (Å²) in [6.45, 7) is 5.23. The Balaban J connectivity index is 1.26. The Morgan fingerprint density at radius 2 is 1.90 bits per heavy atom. The second kappa shape index (κ2) is 9.16. The monoisotopic (exact) mass is 419 g/mol. The van der Waals surface area contributed by atoms with Crippen LogP contribution in [0.3, 0.4) is 0 Å². The van der Waals surface area contributed by atoms with Crippen molar-refractivity contribution in [1.29, 1.82) is 0 Å². The fourth-order valence-corrected chi connectivity index (χ4v) is 4.64. The van der Waals surface area contributed by atoms with E-state index in [0.29, 0.717) is 23.9 Å². The van der Waals surface area contributed by atoms with Crippen LogP contribution in [0.5, 0.6) is 0 Å². The van der Waals surface area contributed by atoms with Crippen molar-refractivity contribution in [2.75, 3.05) is 32.8 Å². The van der Waals surface area contributed by atoms with Gasteiger partial charge in [0.2, 0.25) is 0 Å². The number of carbonyl (C=O) groups excluding carboxylic acids is 1. The summed E-state index contributed by atoms with van der Waals surface area (Å²) in [6.07, 6.45) is 4.96. The molecule has 0 unspecified atom stereocenters. The van der Waals surface area contributed by atoms with E-state index in [9.17, 15) is 4.79 Å². The molecule has 0 bridgehead atoms. The van der Waals surface area contributed by atoms with E-state index in [4.69, 9.17) is 4.74 Å². The fraction of sp³-hybridized carbons (Fsp3) is 0.458. The molecule has 7 heteroatoms. The van der Waals surface area contributed by atoms with E-state index in [1.165, 1.54) is 5.56 Å². The second-order valence-corrected chi connectivity index (χ2v) is 8.68. The lowest BCUT2D eigenvalue weighted by atomic mass is 10.0. The SMILES string of the molecule is O=C(NCC1CCOCC1)c1ccc2nnc([C@H]3CCN(Cc4ccccc4)C3)n2c1. The van der Waals surface area contributed by atoms with Gasteiger partial charge < -0.3 is 10.1 Å². The number of ether oxygens (including phenoxy) is 1. The number of pyridine rings is 1. The number of nitrogens with one attached hydrogen (secondary N) is 1. The van der Waals surface area contributed by atoms with Crippen LogP contribution in [0.2, 0.25) is 0 Å². The summed E-state index contributed by atoms with van der Waals surface area (Å²) in [7, 11) is 0. The molecule has 4 heterocycles. The minimum absolute atomic E-state index is 0.0369. The Kier molecular flexibility index (Phi) is 5.95. The lowest BCUT2D eigenvalue weighted by Gasteiger charge is -2.22. The highest BCUT2D eigenvalue weighted by atomic mass is 16.5. The van der Waals surface area contributed by atoms with Gasteiger partial charge in [0.05, 0.1) is 5.56 Å². The van der Waals surface area contributed by atoms with E-state index in [1.54, 1.807) is 0 Å². The molecule has 7 nitrogen and oxygen atoms in total. The molecular weight excluding hydrogens is 390 g/mol. The van der Waals surface area contributed by atoms with Gasteiger partial charge in [0.1, 0.15) is 5.82 Å². The highest BCUT2D eigenvalue weighted by Gasteiger charge is 2.28. The van der Waals surface area contributed by atoms with Crippen molar-refractivity contribution in [3.8, 4) is 0 Å². The van der Waals surface area contributed by atoms with Crippen molar-refractivity contribution < 1.29 is 9.53 Å². The Labute approximate surface area is 182 Å². The van der Waals surface area contributed by atoms with Crippen LogP contribution < -0.4 is 5.32 Å². The van der Waals surface area contributed by atoms with Crippen molar-refractivity contribution in [2.24, 2.45) is 5.92 Å². The van der Waals surface area contributed by atoms with Gasteiger partial charge in [-0.05, 0) is 49.4 Å². The first-order valence-electron chi connectivity index (χ1n) is 11.2. The number of likely N-dealkylation sites (tertiary alicyclic amines) is 1. The van der Waals surface area contributed by atoms with Crippen molar-refractivity contribution in [1.82, 2.24) is 24.8 Å². The molecule has 1 aromatic carbocycles. The molecule has 162 valence electrons. The lowest BCUT2D eigenvalue weighted by molar-refractivity contribution is 0.0642. The molecule has 2 aromatic heterocycles. The molecule has 31 heavy (non-hydrogen) atoms. The Morgan fingerprint density at radius 1 is 1.06 bits per heavy atom. The summed E-state index contributed by atoms with van der Waals surface area (Å²) in [4.78, 5) is 15.2. The van der Waals surface area contributed by atoms with Crippen molar-refractivity contribution >= 4 is 11.6 Å². The average molecular weight is 420 g/mol. The van der Waals surface area contributed by atoms with Crippen LogP contribution in [0.15, 0.2) is 48.7 Å². The van der Waals surface area contributed by atoms with Gasteiger partial charge in [0, 0.05) is 45.0 Å². The maximum absolute atomic E-state index is 12.7. The third kappa shape index (κ3) is 4.62. The number of amides is 1. The zero-order chi connectivity index (χ0) is 21.0. The molecule has 2 aliphatic heterocycles. The van der Waals surface area contributed by atoms with Crippen LogP contribution in [0, 0.1) is 5.92 Å². The van der Waals surface area contributed by atoms with Gasteiger partial charge in [-0.15, -0.1) is 10.2 Å². The largest absolute Gasteiger partial charge is 0.381 e. The molecule has 0 spiro atoms. The smallest absolute Gasteiger partial charge is 0.252 e. The zero-order valence-corrected chi connectivity index (χ0v) is 17.7. The molecule has 1 atom stereocenters. The third-order valence-electron chi connectivity index (χ3n) is 6.47. The first kappa shape index (κ1) is 20.2. The van der Waals surface area contributed by atoms with E-state index < -0.39 is 0 Å². The predicted molar refractivity (Wildman–Crippen MR) is 118 cm³/mol. The molecule has 5 rings (SSSR count). The van der Waals surface area contributed by atoms with E-state index >= 15 is 0 Å². The number of nitrogens with zero attached hydrogens (tertiary/aromatic N) is 4. The Morgan fingerprint density at radius 3 is 2.74 bits per heavy atom. The Bertz CT molecular complexity index is 1030. The first-order valence-corrected chi connectivity index (χ1v) is 11.2. The molecular formula is C24H29N5O2. The first-order chi connectivity index (χ1) is 15.3. The van der Waals surface area contributed by atoms with Crippen LogP contribution in [0.25, 0.3) is 5.65 Å². The maximum Gasteiger partial charge on any atom is 0.252 e. The number of benzene rings is 1. The minimum atomic E-state index is -0.0369. The topological polar surface area (TPSA) is 71.8 Å². The van der Waals surface area contributed by atoms with Crippen LogP contribution in [0.1, 0.15) is 46.9 Å². The second-order valence-electron chi connectivity index (χ2n) is 8.68. The summed E-state index contributed by atoms with van der Waals surface area (Å²) in [5, 5.41) is 11.9. The quantitative estimate of drug-likeness (QED) is 0.665. The van der Waals surface area contributed by atoms with Crippen molar-refractivity contribution in [3.05, 3.63) is 65.6 Å². The lowest BCUT2D eigenvalue weighted by Crippen LogP contribution is -2.32. The van der Waals surface area contributed by atoms with Crippen LogP contribution in [-0.4, -0.2) is 58.3 Å². The van der Waals surface area contributed by atoms with Gasteiger partial charge in [-0.3, -0.25) is 14.1 Å². The van der Waals surface area contributed by atoms with Crippen LogP contribution in [0.4, 0.5) is 0 Å². The molecule has 0 radical (unpaired) electrons. The molecule has 2 fully saturated rings. The van der Waals surface area contributed by atoms with Gasteiger partial charge in [0.25, 0.3) is 5.91 Å². The predicted octanol–water partition coefficient (Wildman–Crippen LogP) is 2.88. The van der Waals surface area contributed by atoms with Gasteiger partial charge in [-0.1, -0.05) is 30.3 Å². The number of aromatic nitrogens is 3. The molecule has 0 saturated carbocycles. The van der Waals surface area contributed by atoms with E-state index in [2.05, 4.69) is 50.7 Å². The van der Waals surface area contributed by atoms with Gasteiger partial charge >= 0.3 is 0 Å². The molecule has 2 saturated heterocycles. The number of fused-ring (bicyclic) bond motifs is 1. The van der Waals surface area contributed by atoms with Crippen LogP contribution in [-0.2, 0) is 11.3 Å². The Hall–Kier alpha value is -2.77.